The second-order valence-electron chi connectivity index (χ2n) is 11.5. The third kappa shape index (κ3) is 6.59. The molecular weight excluding hydrogens is 440 g/mol. The van der Waals surface area contributed by atoms with Gasteiger partial charge in [-0.15, -0.1) is 0 Å². The van der Waals surface area contributed by atoms with Crippen molar-refractivity contribution in [2.75, 3.05) is 13.2 Å². The second-order valence-corrected chi connectivity index (χ2v) is 15.9. The number of carbonyl (C=O) groups excluding carboxylic acids is 1. The van der Waals surface area contributed by atoms with Crippen molar-refractivity contribution in [1.82, 2.24) is 0 Å². The van der Waals surface area contributed by atoms with E-state index < -0.39 is 13.9 Å². The summed E-state index contributed by atoms with van der Waals surface area (Å²) in [5, 5.41) is 2.61. The molecule has 2 aromatic rings. The lowest BCUT2D eigenvalue weighted by atomic mass is 10.2. The van der Waals surface area contributed by atoms with Crippen LogP contribution >= 0.6 is 0 Å². The zero-order chi connectivity index (χ0) is 25.0. The van der Waals surface area contributed by atoms with E-state index in [1.807, 2.05) is 20.8 Å². The number of ether oxygens (including phenoxy) is 2. The lowest BCUT2D eigenvalue weighted by Gasteiger charge is -2.43. The van der Waals surface area contributed by atoms with Crippen molar-refractivity contribution in [3.05, 3.63) is 60.7 Å². The highest BCUT2D eigenvalue weighted by molar-refractivity contribution is 6.99. The molecule has 1 aliphatic rings. The summed E-state index contributed by atoms with van der Waals surface area (Å²) in [6.45, 7) is 15.8. The minimum atomic E-state index is -2.50. The maximum Gasteiger partial charge on any atom is 0.308 e. The average Bonchev–Trinajstić information content (AvgIpc) is 3.53. The fraction of sp³-hybridized carbons (Fsp3) is 0.552. The normalized spacial score (nSPS) is 19.5. The first-order chi connectivity index (χ1) is 15.9. The number of benzene rings is 2. The van der Waals surface area contributed by atoms with Crippen LogP contribution in [-0.2, 0) is 18.7 Å². The number of carbonyl (C=O) groups is 1. The van der Waals surface area contributed by atoms with Crippen LogP contribution in [0.4, 0.5) is 0 Å². The van der Waals surface area contributed by atoms with Gasteiger partial charge in [-0.1, -0.05) is 81.4 Å². The first-order valence-corrected chi connectivity index (χ1v) is 14.4. The van der Waals surface area contributed by atoms with Crippen LogP contribution in [0.3, 0.4) is 0 Å². The Kier molecular flexibility index (Phi) is 8.43. The van der Waals surface area contributed by atoms with Crippen LogP contribution in [0.1, 0.15) is 61.3 Å². The van der Waals surface area contributed by atoms with E-state index in [4.69, 9.17) is 13.9 Å². The van der Waals surface area contributed by atoms with Crippen molar-refractivity contribution in [1.29, 1.82) is 0 Å². The van der Waals surface area contributed by atoms with Gasteiger partial charge in [-0.05, 0) is 61.4 Å². The van der Waals surface area contributed by atoms with E-state index >= 15 is 0 Å². The van der Waals surface area contributed by atoms with Crippen LogP contribution in [0.5, 0.6) is 0 Å². The molecule has 0 bridgehead atoms. The van der Waals surface area contributed by atoms with E-state index in [9.17, 15) is 4.79 Å². The van der Waals surface area contributed by atoms with Gasteiger partial charge in [-0.3, -0.25) is 4.79 Å². The molecule has 0 unspecified atom stereocenters. The number of hydrogen-bond donors (Lipinski definition) is 0. The molecule has 3 atom stereocenters. The molecule has 34 heavy (non-hydrogen) atoms. The molecule has 3 rings (SSSR count). The van der Waals surface area contributed by atoms with Gasteiger partial charge < -0.3 is 13.9 Å². The Morgan fingerprint density at radius 1 is 0.941 bits per heavy atom. The van der Waals surface area contributed by atoms with Crippen LogP contribution in [0.25, 0.3) is 0 Å². The highest BCUT2D eigenvalue weighted by Crippen LogP contribution is 2.45. The largest absolute Gasteiger partial charge is 0.460 e. The van der Waals surface area contributed by atoms with Crippen molar-refractivity contribution in [3.8, 4) is 0 Å². The Morgan fingerprint density at radius 3 is 1.94 bits per heavy atom. The average molecular weight is 483 g/mol. The number of esters is 1. The quantitative estimate of drug-likeness (QED) is 0.339. The highest BCUT2D eigenvalue weighted by atomic mass is 28.4. The summed E-state index contributed by atoms with van der Waals surface area (Å²) >= 11 is 0. The van der Waals surface area contributed by atoms with Crippen molar-refractivity contribution < 1.29 is 18.7 Å². The predicted molar refractivity (Wildman–Crippen MR) is 141 cm³/mol. The summed E-state index contributed by atoms with van der Waals surface area (Å²) in [6.07, 6.45) is 1.50. The molecule has 0 heterocycles. The van der Waals surface area contributed by atoms with Crippen molar-refractivity contribution in [2.45, 2.75) is 78.1 Å². The number of hydrogen-bond acceptors (Lipinski definition) is 4. The van der Waals surface area contributed by atoms with Crippen molar-refractivity contribution in [3.63, 3.8) is 0 Å². The lowest BCUT2D eigenvalue weighted by molar-refractivity contribution is -0.156. The zero-order valence-electron chi connectivity index (χ0n) is 22.0. The molecule has 0 saturated heterocycles. The Labute approximate surface area is 207 Å². The molecule has 0 radical (unpaired) electrons. The lowest BCUT2D eigenvalue weighted by Crippen LogP contribution is -2.66. The highest BCUT2D eigenvalue weighted by Gasteiger charge is 2.52. The van der Waals surface area contributed by atoms with Gasteiger partial charge >= 0.3 is 5.97 Å². The fourth-order valence-electron chi connectivity index (χ4n) is 4.88. The summed E-state index contributed by atoms with van der Waals surface area (Å²) in [4.78, 5) is 11.9. The Morgan fingerprint density at radius 2 is 1.47 bits per heavy atom. The first kappa shape index (κ1) is 26.6. The van der Waals surface area contributed by atoms with Gasteiger partial charge in [0.15, 0.2) is 0 Å². The maximum absolute atomic E-state index is 11.9. The first-order valence-electron chi connectivity index (χ1n) is 12.5. The van der Waals surface area contributed by atoms with Gasteiger partial charge in [0.2, 0.25) is 0 Å². The van der Waals surface area contributed by atoms with Crippen LogP contribution in [0.2, 0.25) is 5.04 Å². The summed E-state index contributed by atoms with van der Waals surface area (Å²) in [5.74, 6) is 0.747. The van der Waals surface area contributed by atoms with Crippen molar-refractivity contribution in [2.24, 2.45) is 11.8 Å². The van der Waals surface area contributed by atoms with Crippen LogP contribution in [-0.4, -0.2) is 39.2 Å². The minimum absolute atomic E-state index is 0.0182. The zero-order valence-corrected chi connectivity index (χ0v) is 23.0. The summed E-state index contributed by atoms with van der Waals surface area (Å²) < 4.78 is 18.5. The van der Waals surface area contributed by atoms with E-state index in [0.717, 1.165) is 13.0 Å². The van der Waals surface area contributed by atoms with Gasteiger partial charge in [-0.25, -0.2) is 0 Å². The SMILES string of the molecule is C[C@@H](OCCC(=O)OC(C)(C)C)[C@H]1C[C@@H]1CO[Si](c1ccccc1)(c1ccccc1)C(C)(C)C. The third-order valence-corrected chi connectivity index (χ3v) is 11.6. The molecule has 4 nitrogen and oxygen atoms in total. The molecule has 5 heteroatoms. The molecule has 1 aliphatic carbocycles. The molecule has 2 aromatic carbocycles. The molecule has 0 spiro atoms. The van der Waals surface area contributed by atoms with Crippen LogP contribution < -0.4 is 10.4 Å². The smallest absolute Gasteiger partial charge is 0.308 e. The Balaban J connectivity index is 1.64. The molecule has 0 amide bonds. The molecule has 0 N–H and O–H groups in total. The fourth-order valence-corrected chi connectivity index (χ4v) is 9.50. The van der Waals surface area contributed by atoms with Gasteiger partial charge in [-0.2, -0.15) is 0 Å². The molecular formula is C29H42O4Si. The summed E-state index contributed by atoms with van der Waals surface area (Å²) in [7, 11) is -2.50. The monoisotopic (exact) mass is 482 g/mol. The third-order valence-electron chi connectivity index (χ3n) is 6.62. The van der Waals surface area contributed by atoms with Gasteiger partial charge in [0.05, 0.1) is 19.1 Å². The summed E-state index contributed by atoms with van der Waals surface area (Å²) in [5.41, 5.74) is -0.456. The van der Waals surface area contributed by atoms with Gasteiger partial charge in [0.1, 0.15) is 5.60 Å². The second kappa shape index (κ2) is 10.8. The predicted octanol–water partition coefficient (Wildman–Crippen LogP) is 5.34. The molecule has 1 saturated carbocycles. The van der Waals surface area contributed by atoms with E-state index in [1.165, 1.54) is 10.4 Å². The van der Waals surface area contributed by atoms with Crippen molar-refractivity contribution >= 4 is 24.7 Å². The molecule has 0 aromatic heterocycles. The molecule has 0 aliphatic heterocycles. The van der Waals surface area contributed by atoms with E-state index in [2.05, 4.69) is 88.4 Å². The molecule has 1 fully saturated rings. The standard InChI is InChI=1S/C29H42O4Si/c1-22(31-19-18-27(30)33-28(2,3)4)26-20-23(26)21-32-34(29(5,6)7,24-14-10-8-11-15-24)25-16-12-9-13-17-25/h8-17,22-23,26H,18-21H2,1-7H3/t22-,23-,26-/m1/s1. The number of rotatable bonds is 10. The van der Waals surface area contributed by atoms with E-state index in [1.54, 1.807) is 0 Å². The van der Waals surface area contributed by atoms with Crippen LogP contribution in [0, 0.1) is 11.8 Å². The Bertz CT molecular complexity index is 875. The molecule has 186 valence electrons. The van der Waals surface area contributed by atoms with Gasteiger partial charge in [0.25, 0.3) is 8.32 Å². The van der Waals surface area contributed by atoms with Gasteiger partial charge in [0, 0.05) is 6.61 Å². The van der Waals surface area contributed by atoms with E-state index in [-0.39, 0.29) is 23.5 Å². The van der Waals surface area contributed by atoms with E-state index in [0.29, 0.717) is 18.4 Å². The topological polar surface area (TPSA) is 44.8 Å². The minimum Gasteiger partial charge on any atom is -0.460 e. The summed E-state index contributed by atoms with van der Waals surface area (Å²) in [6, 6.07) is 21.6. The van der Waals surface area contributed by atoms with Crippen LogP contribution in [0.15, 0.2) is 60.7 Å². The Hall–Kier alpha value is -1.95. The maximum atomic E-state index is 11.9.